The summed E-state index contributed by atoms with van der Waals surface area (Å²) < 4.78 is 5.84. The normalized spacial score (nSPS) is 25.4. The van der Waals surface area contributed by atoms with Gasteiger partial charge in [0.2, 0.25) is 0 Å². The van der Waals surface area contributed by atoms with E-state index in [9.17, 15) is 0 Å². The summed E-state index contributed by atoms with van der Waals surface area (Å²) in [6.07, 6.45) is 7.90. The molecule has 2 unspecified atom stereocenters. The maximum absolute atomic E-state index is 5.84. The Hall–Kier alpha value is -0.0800. The van der Waals surface area contributed by atoms with Crippen molar-refractivity contribution in [2.24, 2.45) is 0 Å². The lowest BCUT2D eigenvalue weighted by atomic mass is 9.87. The molecule has 0 aromatic heterocycles. The Balaban J connectivity index is 2.43. The second-order valence-corrected chi connectivity index (χ2v) is 4.95. The van der Waals surface area contributed by atoms with Gasteiger partial charge in [-0.15, -0.1) is 0 Å². The summed E-state index contributed by atoms with van der Waals surface area (Å²) in [6.45, 7) is 8.92. The summed E-state index contributed by atoms with van der Waals surface area (Å²) in [7, 11) is 0. The third-order valence-corrected chi connectivity index (χ3v) is 3.47. The molecule has 0 aromatic carbocycles. The molecule has 1 N–H and O–H groups in total. The number of ether oxygens (including phenoxy) is 1. The van der Waals surface area contributed by atoms with E-state index < -0.39 is 0 Å². The molecule has 2 nitrogen and oxygen atoms in total. The summed E-state index contributed by atoms with van der Waals surface area (Å²) in [5, 5.41) is 3.71. The van der Waals surface area contributed by atoms with Gasteiger partial charge in [0.15, 0.2) is 0 Å². The van der Waals surface area contributed by atoms with E-state index in [1.807, 2.05) is 0 Å². The van der Waals surface area contributed by atoms with Crippen molar-refractivity contribution in [2.75, 3.05) is 13.2 Å². The van der Waals surface area contributed by atoms with Gasteiger partial charge in [-0.3, -0.25) is 0 Å². The number of hydrogen-bond acceptors (Lipinski definition) is 2. The highest BCUT2D eigenvalue weighted by Crippen LogP contribution is 2.27. The van der Waals surface area contributed by atoms with Crippen LogP contribution in [0, 0.1) is 0 Å². The number of unbranched alkanes of at least 4 members (excludes halogenated alkanes) is 1. The Bertz CT molecular complexity index is 166. The van der Waals surface area contributed by atoms with Crippen LogP contribution < -0.4 is 5.32 Å². The minimum atomic E-state index is 0.209. The van der Waals surface area contributed by atoms with Gasteiger partial charge in [0.1, 0.15) is 0 Å². The lowest BCUT2D eigenvalue weighted by molar-refractivity contribution is 0.0310. The number of hydrogen-bond donors (Lipinski definition) is 1. The highest BCUT2D eigenvalue weighted by molar-refractivity contribution is 4.93. The van der Waals surface area contributed by atoms with Crippen molar-refractivity contribution in [1.82, 2.24) is 5.32 Å². The fourth-order valence-corrected chi connectivity index (χ4v) is 2.51. The molecule has 0 radical (unpaired) electrons. The molecule has 15 heavy (non-hydrogen) atoms. The predicted octanol–water partition coefficient (Wildman–Crippen LogP) is 3.11. The molecule has 90 valence electrons. The largest absolute Gasteiger partial charge is 0.376 e. The molecule has 1 aliphatic rings. The summed E-state index contributed by atoms with van der Waals surface area (Å²) in [4.78, 5) is 0. The smallest absolute Gasteiger partial charge is 0.0754 e. The van der Waals surface area contributed by atoms with Gasteiger partial charge in [-0.05, 0) is 39.2 Å². The highest BCUT2D eigenvalue weighted by atomic mass is 16.5. The van der Waals surface area contributed by atoms with E-state index in [1.54, 1.807) is 0 Å². The van der Waals surface area contributed by atoms with E-state index in [1.165, 1.54) is 38.5 Å². The molecule has 0 spiro atoms. The molecular formula is C13H27NO. The number of rotatable bonds is 7. The van der Waals surface area contributed by atoms with Gasteiger partial charge >= 0.3 is 0 Å². The Morgan fingerprint density at radius 3 is 2.67 bits per heavy atom. The summed E-state index contributed by atoms with van der Waals surface area (Å²) >= 11 is 0. The topological polar surface area (TPSA) is 21.3 Å². The van der Waals surface area contributed by atoms with Crippen LogP contribution in [-0.2, 0) is 4.74 Å². The van der Waals surface area contributed by atoms with Crippen molar-refractivity contribution < 1.29 is 4.74 Å². The van der Waals surface area contributed by atoms with Crippen LogP contribution in [0.5, 0.6) is 0 Å². The van der Waals surface area contributed by atoms with Crippen LogP contribution in [0.4, 0.5) is 0 Å². The van der Waals surface area contributed by atoms with Crippen LogP contribution >= 0.6 is 0 Å². The summed E-state index contributed by atoms with van der Waals surface area (Å²) in [6, 6.07) is 0. The Morgan fingerprint density at radius 2 is 2.13 bits per heavy atom. The van der Waals surface area contributed by atoms with Crippen LogP contribution in [0.3, 0.4) is 0 Å². The van der Waals surface area contributed by atoms with E-state index in [2.05, 4.69) is 26.1 Å². The zero-order chi connectivity index (χ0) is 11.1. The van der Waals surface area contributed by atoms with Crippen LogP contribution in [-0.4, -0.2) is 24.8 Å². The van der Waals surface area contributed by atoms with Crippen LogP contribution in [0.1, 0.15) is 59.3 Å². The van der Waals surface area contributed by atoms with Gasteiger partial charge in [-0.25, -0.2) is 0 Å². The maximum atomic E-state index is 5.84. The molecule has 2 atom stereocenters. The molecule has 1 saturated heterocycles. The van der Waals surface area contributed by atoms with Crippen molar-refractivity contribution in [1.29, 1.82) is 0 Å². The van der Waals surface area contributed by atoms with Crippen molar-refractivity contribution in [2.45, 2.75) is 70.9 Å². The first-order chi connectivity index (χ1) is 7.23. The summed E-state index contributed by atoms with van der Waals surface area (Å²) in [5.74, 6) is 0. The van der Waals surface area contributed by atoms with E-state index in [-0.39, 0.29) is 5.54 Å². The van der Waals surface area contributed by atoms with Gasteiger partial charge in [0.25, 0.3) is 0 Å². The van der Waals surface area contributed by atoms with Gasteiger partial charge < -0.3 is 10.1 Å². The third kappa shape index (κ3) is 3.76. The first-order valence-electron chi connectivity index (χ1n) is 6.59. The average Bonchev–Trinajstić information content (AvgIpc) is 2.72. The van der Waals surface area contributed by atoms with Crippen molar-refractivity contribution in [3.05, 3.63) is 0 Å². The average molecular weight is 213 g/mol. The first kappa shape index (κ1) is 13.0. The van der Waals surface area contributed by atoms with Crippen LogP contribution in [0.25, 0.3) is 0 Å². The molecular weight excluding hydrogens is 186 g/mol. The monoisotopic (exact) mass is 213 g/mol. The van der Waals surface area contributed by atoms with Crippen molar-refractivity contribution in [3.8, 4) is 0 Å². The molecule has 1 heterocycles. The first-order valence-corrected chi connectivity index (χ1v) is 6.59. The second-order valence-electron chi connectivity index (χ2n) is 4.95. The summed E-state index contributed by atoms with van der Waals surface area (Å²) in [5.41, 5.74) is 0.209. The fourth-order valence-electron chi connectivity index (χ4n) is 2.51. The van der Waals surface area contributed by atoms with Gasteiger partial charge in [-0.2, -0.15) is 0 Å². The molecule has 0 aliphatic carbocycles. The fraction of sp³-hybridized carbons (Fsp3) is 1.00. The minimum Gasteiger partial charge on any atom is -0.376 e. The van der Waals surface area contributed by atoms with Gasteiger partial charge in [0.05, 0.1) is 6.10 Å². The molecule has 0 saturated carbocycles. The van der Waals surface area contributed by atoms with E-state index >= 15 is 0 Å². The molecule has 0 amide bonds. The lowest BCUT2D eigenvalue weighted by Gasteiger charge is -2.36. The SMILES string of the molecule is CCCCNC(C)(CCC)C1CCCO1. The third-order valence-electron chi connectivity index (χ3n) is 3.47. The molecule has 1 aliphatic heterocycles. The van der Waals surface area contributed by atoms with Gasteiger partial charge in [0, 0.05) is 12.1 Å². The zero-order valence-corrected chi connectivity index (χ0v) is 10.6. The predicted molar refractivity (Wildman–Crippen MR) is 65.2 cm³/mol. The lowest BCUT2D eigenvalue weighted by Crippen LogP contribution is -2.52. The minimum absolute atomic E-state index is 0.209. The van der Waals surface area contributed by atoms with E-state index in [0.717, 1.165) is 13.2 Å². The second kappa shape index (κ2) is 6.49. The van der Waals surface area contributed by atoms with Crippen molar-refractivity contribution >= 4 is 0 Å². The highest BCUT2D eigenvalue weighted by Gasteiger charge is 2.35. The molecule has 0 aromatic rings. The molecule has 2 heteroatoms. The molecule has 1 rings (SSSR count). The van der Waals surface area contributed by atoms with Crippen LogP contribution in [0.2, 0.25) is 0 Å². The molecule has 0 bridgehead atoms. The Labute approximate surface area is 94.8 Å². The van der Waals surface area contributed by atoms with Crippen molar-refractivity contribution in [3.63, 3.8) is 0 Å². The van der Waals surface area contributed by atoms with Gasteiger partial charge in [-0.1, -0.05) is 26.7 Å². The zero-order valence-electron chi connectivity index (χ0n) is 10.6. The number of nitrogens with one attached hydrogen (secondary N) is 1. The van der Waals surface area contributed by atoms with E-state index in [4.69, 9.17) is 4.74 Å². The maximum Gasteiger partial charge on any atom is 0.0754 e. The molecule has 1 fully saturated rings. The quantitative estimate of drug-likeness (QED) is 0.656. The van der Waals surface area contributed by atoms with Crippen LogP contribution in [0.15, 0.2) is 0 Å². The Morgan fingerprint density at radius 1 is 1.33 bits per heavy atom. The van der Waals surface area contributed by atoms with E-state index in [0.29, 0.717) is 6.10 Å². The Kier molecular flexibility index (Phi) is 5.62. The standard InChI is InChI=1S/C13H27NO/c1-4-6-10-14-13(3,9-5-2)12-8-7-11-15-12/h12,14H,4-11H2,1-3H3.